The predicted octanol–water partition coefficient (Wildman–Crippen LogP) is 3.74. The van der Waals surface area contributed by atoms with E-state index in [1.165, 1.54) is 12.3 Å². The number of pyridine rings is 2. The van der Waals surface area contributed by atoms with Crippen molar-refractivity contribution in [3.8, 4) is 5.75 Å². The summed E-state index contributed by atoms with van der Waals surface area (Å²) in [6.07, 6.45) is -0.766. The molecule has 0 saturated heterocycles. The van der Waals surface area contributed by atoms with E-state index in [0.717, 1.165) is 18.2 Å². The maximum Gasteiger partial charge on any atom is 0.419 e. The molecule has 2 unspecified atom stereocenters. The third-order valence-corrected chi connectivity index (χ3v) is 4.12. The van der Waals surface area contributed by atoms with Crippen LogP contribution in [0.2, 0.25) is 0 Å². The number of nitrogens with one attached hydrogen (secondary N) is 2. The number of halogens is 3. The van der Waals surface area contributed by atoms with Gasteiger partial charge in [-0.05, 0) is 49.8 Å². The van der Waals surface area contributed by atoms with Crippen LogP contribution in [0, 0.1) is 0 Å². The first kappa shape index (κ1) is 18.4. The van der Waals surface area contributed by atoms with Crippen LogP contribution in [0.15, 0.2) is 36.7 Å². The zero-order valence-corrected chi connectivity index (χ0v) is 14.7. The Kier molecular flexibility index (Phi) is 5.26. The molecule has 0 amide bonds. The molecule has 2 aromatic rings. The lowest BCUT2D eigenvalue weighted by atomic mass is 10.2. The number of alkyl halides is 3. The molecule has 138 valence electrons. The van der Waals surface area contributed by atoms with Gasteiger partial charge in [-0.1, -0.05) is 0 Å². The van der Waals surface area contributed by atoms with E-state index in [1.54, 1.807) is 12.3 Å². The Hall–Kier alpha value is -2.42. The molecule has 2 N–H and O–H groups in total. The molecule has 1 aliphatic carbocycles. The number of aromatic nitrogens is 2. The second-order valence-corrected chi connectivity index (χ2v) is 6.17. The van der Waals surface area contributed by atoms with Crippen molar-refractivity contribution in [2.75, 3.05) is 11.9 Å². The van der Waals surface area contributed by atoms with E-state index < -0.39 is 11.7 Å². The molecule has 3 rings (SSSR count). The quantitative estimate of drug-likeness (QED) is 0.769. The van der Waals surface area contributed by atoms with Gasteiger partial charge in [-0.25, -0.2) is 4.98 Å². The van der Waals surface area contributed by atoms with Crippen molar-refractivity contribution in [2.24, 2.45) is 0 Å². The second-order valence-electron chi connectivity index (χ2n) is 5.76. The maximum atomic E-state index is 13.0. The summed E-state index contributed by atoms with van der Waals surface area (Å²) >= 11 is 5.14. The third kappa shape index (κ3) is 4.21. The van der Waals surface area contributed by atoms with E-state index in [0.29, 0.717) is 12.4 Å². The number of ether oxygens (including phenoxy) is 1. The van der Waals surface area contributed by atoms with Gasteiger partial charge in [0.15, 0.2) is 5.11 Å². The minimum Gasteiger partial charge on any atom is -0.492 e. The molecule has 2 atom stereocenters. The van der Waals surface area contributed by atoms with Crippen molar-refractivity contribution in [1.29, 1.82) is 0 Å². The summed E-state index contributed by atoms with van der Waals surface area (Å²) in [5.74, 6) is 0.498. The van der Waals surface area contributed by atoms with Gasteiger partial charge in [0.05, 0.1) is 17.9 Å². The molecular weight excluding hydrogens is 365 g/mol. The van der Waals surface area contributed by atoms with Gasteiger partial charge in [0.25, 0.3) is 0 Å². The van der Waals surface area contributed by atoms with E-state index in [2.05, 4.69) is 20.6 Å². The number of hydrogen-bond acceptors (Lipinski definition) is 4. The number of rotatable bonds is 5. The number of anilines is 1. The van der Waals surface area contributed by atoms with Crippen LogP contribution in [0.25, 0.3) is 0 Å². The summed E-state index contributed by atoms with van der Waals surface area (Å²) in [5.41, 5.74) is -0.0386. The van der Waals surface area contributed by atoms with Crippen LogP contribution in [-0.2, 0) is 6.18 Å². The molecular formula is C17H17F3N4OS. The molecule has 1 saturated carbocycles. The van der Waals surface area contributed by atoms with Crippen LogP contribution < -0.4 is 15.4 Å². The molecule has 26 heavy (non-hydrogen) atoms. The molecule has 1 fully saturated rings. The first-order chi connectivity index (χ1) is 12.4. The summed E-state index contributed by atoms with van der Waals surface area (Å²) in [6, 6.07) is 5.83. The number of nitrogens with zero attached hydrogens (tertiary/aromatic N) is 2. The largest absolute Gasteiger partial charge is 0.492 e. The zero-order valence-electron chi connectivity index (χ0n) is 13.9. The highest BCUT2D eigenvalue weighted by molar-refractivity contribution is 7.80. The first-order valence-corrected chi connectivity index (χ1v) is 8.48. The zero-order chi connectivity index (χ0) is 18.7. The van der Waals surface area contributed by atoms with Crippen molar-refractivity contribution in [1.82, 2.24) is 15.3 Å². The van der Waals surface area contributed by atoms with Crippen molar-refractivity contribution in [2.45, 2.75) is 31.5 Å². The SMILES string of the molecule is CCOc1cccnc1C1CC1NC(=S)Nc1ncccc1C(F)(F)F. The Morgan fingerprint density at radius 3 is 2.73 bits per heavy atom. The van der Waals surface area contributed by atoms with E-state index in [4.69, 9.17) is 17.0 Å². The highest BCUT2D eigenvalue weighted by Crippen LogP contribution is 2.43. The molecule has 0 aromatic carbocycles. The monoisotopic (exact) mass is 382 g/mol. The maximum absolute atomic E-state index is 13.0. The van der Waals surface area contributed by atoms with Crippen LogP contribution in [0.1, 0.15) is 30.5 Å². The minimum absolute atomic E-state index is 0.0119. The molecule has 2 heterocycles. The fourth-order valence-corrected chi connectivity index (χ4v) is 2.91. The van der Waals surface area contributed by atoms with Gasteiger partial charge in [0.1, 0.15) is 11.6 Å². The lowest BCUT2D eigenvalue weighted by molar-refractivity contribution is -0.137. The first-order valence-electron chi connectivity index (χ1n) is 8.07. The summed E-state index contributed by atoms with van der Waals surface area (Å²) in [6.45, 7) is 2.42. The minimum atomic E-state index is -4.51. The summed E-state index contributed by atoms with van der Waals surface area (Å²) in [4.78, 5) is 8.09. The second kappa shape index (κ2) is 7.45. The molecule has 0 bridgehead atoms. The van der Waals surface area contributed by atoms with Crippen molar-refractivity contribution >= 4 is 23.1 Å². The van der Waals surface area contributed by atoms with E-state index >= 15 is 0 Å². The van der Waals surface area contributed by atoms with Crippen LogP contribution >= 0.6 is 12.2 Å². The smallest absolute Gasteiger partial charge is 0.419 e. The van der Waals surface area contributed by atoms with Gasteiger partial charge in [0, 0.05) is 24.4 Å². The fourth-order valence-electron chi connectivity index (χ4n) is 2.66. The Bertz CT molecular complexity index is 800. The van der Waals surface area contributed by atoms with Gasteiger partial charge >= 0.3 is 6.18 Å². The van der Waals surface area contributed by atoms with E-state index in [9.17, 15) is 13.2 Å². The van der Waals surface area contributed by atoms with Crippen molar-refractivity contribution in [3.63, 3.8) is 0 Å². The summed E-state index contributed by atoms with van der Waals surface area (Å²) in [7, 11) is 0. The Balaban J connectivity index is 1.63. The van der Waals surface area contributed by atoms with Gasteiger partial charge in [0.2, 0.25) is 0 Å². The van der Waals surface area contributed by atoms with Gasteiger partial charge in [-0.15, -0.1) is 0 Å². The molecule has 0 spiro atoms. The van der Waals surface area contributed by atoms with Crippen molar-refractivity contribution < 1.29 is 17.9 Å². The molecule has 2 aromatic heterocycles. The molecule has 0 radical (unpaired) electrons. The van der Waals surface area contributed by atoms with Crippen molar-refractivity contribution in [3.05, 3.63) is 47.9 Å². The highest BCUT2D eigenvalue weighted by atomic mass is 32.1. The fraction of sp³-hybridized carbons (Fsp3) is 0.353. The van der Waals surface area contributed by atoms with Crippen LogP contribution in [0.4, 0.5) is 19.0 Å². The van der Waals surface area contributed by atoms with Crippen LogP contribution in [0.5, 0.6) is 5.75 Å². The number of thiocarbonyl (C=S) groups is 1. The predicted molar refractivity (Wildman–Crippen MR) is 95.1 cm³/mol. The lowest BCUT2D eigenvalue weighted by Gasteiger charge is -2.15. The standard InChI is InChI=1S/C17H17F3N4OS/c1-2-25-13-6-4-7-21-14(13)10-9-12(10)23-16(26)24-15-11(17(18,19)20)5-3-8-22-15/h3-8,10,12H,2,9H2,1H3,(H2,22,23,24,26). The lowest BCUT2D eigenvalue weighted by Crippen LogP contribution is -2.32. The average Bonchev–Trinajstić information content (AvgIpc) is 3.34. The van der Waals surface area contributed by atoms with E-state index in [-0.39, 0.29) is 22.9 Å². The van der Waals surface area contributed by atoms with Gasteiger partial charge in [-0.3, -0.25) is 4.98 Å². The normalized spacial score (nSPS) is 18.9. The van der Waals surface area contributed by atoms with Crippen LogP contribution in [-0.4, -0.2) is 27.7 Å². The molecule has 0 aliphatic heterocycles. The Morgan fingerprint density at radius 1 is 1.27 bits per heavy atom. The topological polar surface area (TPSA) is 59.1 Å². The van der Waals surface area contributed by atoms with E-state index in [1.807, 2.05) is 13.0 Å². The van der Waals surface area contributed by atoms with Gasteiger partial charge in [-0.2, -0.15) is 13.2 Å². The van der Waals surface area contributed by atoms with Gasteiger partial charge < -0.3 is 15.4 Å². The molecule has 9 heteroatoms. The summed E-state index contributed by atoms with van der Waals surface area (Å²) < 4.78 is 44.6. The Morgan fingerprint density at radius 2 is 2.00 bits per heavy atom. The van der Waals surface area contributed by atoms with Crippen LogP contribution in [0.3, 0.4) is 0 Å². The highest BCUT2D eigenvalue weighted by Gasteiger charge is 2.42. The molecule has 5 nitrogen and oxygen atoms in total. The average molecular weight is 382 g/mol. The summed E-state index contributed by atoms with van der Waals surface area (Å²) in [5, 5.41) is 5.65. The number of hydrogen-bond donors (Lipinski definition) is 2. The molecule has 1 aliphatic rings. The Labute approximate surface area is 154 Å². The third-order valence-electron chi connectivity index (χ3n) is 3.90.